The van der Waals surface area contributed by atoms with Crippen molar-refractivity contribution in [2.75, 3.05) is 31.6 Å². The lowest BCUT2D eigenvalue weighted by Crippen LogP contribution is -2.32. The summed E-state index contributed by atoms with van der Waals surface area (Å²) in [5.41, 5.74) is 0.331. The molecule has 1 aromatic rings. The van der Waals surface area contributed by atoms with Crippen LogP contribution in [-0.4, -0.2) is 46.4 Å². The molecule has 0 aromatic heterocycles. The van der Waals surface area contributed by atoms with E-state index < -0.39 is 22.8 Å². The van der Waals surface area contributed by atoms with Crippen LogP contribution in [0.1, 0.15) is 0 Å². The lowest BCUT2D eigenvalue weighted by atomic mass is 10.3. The van der Waals surface area contributed by atoms with E-state index in [4.69, 9.17) is 14.6 Å². The van der Waals surface area contributed by atoms with Crippen molar-refractivity contribution in [3.63, 3.8) is 0 Å². The van der Waals surface area contributed by atoms with Crippen LogP contribution in [0.2, 0.25) is 0 Å². The van der Waals surface area contributed by atoms with Crippen LogP contribution in [0, 0.1) is 0 Å². The molecule has 0 radical (unpaired) electrons. The quantitative estimate of drug-likeness (QED) is 0.555. The highest BCUT2D eigenvalue weighted by atomic mass is 32.2. The Hall–Kier alpha value is -1.84. The summed E-state index contributed by atoms with van der Waals surface area (Å²) in [6, 6.07) is 5.87. The SMILES string of the molecule is COCCNS(=O)(=O)Nc1ccc(OCC(=O)O)cc1. The summed E-state index contributed by atoms with van der Waals surface area (Å²) in [5.74, 6) is -0.750. The summed E-state index contributed by atoms with van der Waals surface area (Å²) in [6.45, 7) is -0.0296. The smallest absolute Gasteiger partial charge is 0.341 e. The number of hydrogen-bond donors (Lipinski definition) is 3. The summed E-state index contributed by atoms with van der Waals surface area (Å²) in [5, 5.41) is 8.45. The molecule has 0 unspecified atom stereocenters. The lowest BCUT2D eigenvalue weighted by molar-refractivity contribution is -0.139. The molecular weight excluding hydrogens is 288 g/mol. The first-order chi connectivity index (χ1) is 9.43. The number of nitrogens with one attached hydrogen (secondary N) is 2. The zero-order valence-electron chi connectivity index (χ0n) is 10.8. The molecule has 3 N–H and O–H groups in total. The first-order valence-electron chi connectivity index (χ1n) is 5.64. The Morgan fingerprint density at radius 3 is 2.50 bits per heavy atom. The molecule has 0 atom stereocenters. The van der Waals surface area contributed by atoms with Gasteiger partial charge in [0.1, 0.15) is 5.75 Å². The third kappa shape index (κ3) is 6.36. The van der Waals surface area contributed by atoms with Gasteiger partial charge in [-0.2, -0.15) is 13.1 Å². The fourth-order valence-corrected chi connectivity index (χ4v) is 2.10. The van der Waals surface area contributed by atoms with E-state index in [1.165, 1.54) is 31.4 Å². The second-order valence-corrected chi connectivity index (χ2v) is 5.20. The average Bonchev–Trinajstić information content (AvgIpc) is 2.37. The van der Waals surface area contributed by atoms with Crippen LogP contribution >= 0.6 is 0 Å². The Bertz CT molecular complexity index is 528. The molecule has 0 fully saturated rings. The van der Waals surface area contributed by atoms with Crippen molar-refractivity contribution in [3.8, 4) is 5.75 Å². The van der Waals surface area contributed by atoms with Crippen molar-refractivity contribution >= 4 is 21.9 Å². The normalized spacial score (nSPS) is 11.1. The van der Waals surface area contributed by atoms with E-state index in [9.17, 15) is 13.2 Å². The van der Waals surface area contributed by atoms with Gasteiger partial charge in [0.25, 0.3) is 10.2 Å². The van der Waals surface area contributed by atoms with Gasteiger partial charge in [0, 0.05) is 19.3 Å². The van der Waals surface area contributed by atoms with Gasteiger partial charge in [-0.15, -0.1) is 0 Å². The van der Waals surface area contributed by atoms with E-state index in [2.05, 4.69) is 9.44 Å². The van der Waals surface area contributed by atoms with Gasteiger partial charge >= 0.3 is 5.97 Å². The minimum atomic E-state index is -3.66. The Labute approximate surface area is 116 Å². The minimum Gasteiger partial charge on any atom is -0.482 e. The molecule has 112 valence electrons. The van der Waals surface area contributed by atoms with Gasteiger partial charge in [0.2, 0.25) is 0 Å². The van der Waals surface area contributed by atoms with Gasteiger partial charge in [-0.05, 0) is 24.3 Å². The van der Waals surface area contributed by atoms with Crippen molar-refractivity contribution in [1.82, 2.24) is 4.72 Å². The Balaban J connectivity index is 2.54. The summed E-state index contributed by atoms with van der Waals surface area (Å²) >= 11 is 0. The number of carboxylic acid groups (broad SMARTS) is 1. The van der Waals surface area contributed by atoms with Gasteiger partial charge in [0.05, 0.1) is 6.61 Å². The number of carboxylic acids is 1. The second-order valence-electron chi connectivity index (χ2n) is 3.70. The van der Waals surface area contributed by atoms with Gasteiger partial charge in [0.15, 0.2) is 6.61 Å². The van der Waals surface area contributed by atoms with E-state index in [0.29, 0.717) is 11.4 Å². The zero-order valence-corrected chi connectivity index (χ0v) is 11.6. The number of hydrogen-bond acceptors (Lipinski definition) is 5. The second kappa shape index (κ2) is 7.68. The van der Waals surface area contributed by atoms with Gasteiger partial charge in [-0.25, -0.2) is 4.79 Å². The third-order valence-corrected chi connectivity index (χ3v) is 3.16. The van der Waals surface area contributed by atoms with E-state index in [1.807, 2.05) is 0 Å². The number of anilines is 1. The van der Waals surface area contributed by atoms with Gasteiger partial charge in [-0.1, -0.05) is 0 Å². The summed E-state index contributed by atoms with van der Waals surface area (Å²) in [7, 11) is -2.19. The van der Waals surface area contributed by atoms with E-state index >= 15 is 0 Å². The van der Waals surface area contributed by atoms with E-state index in [0.717, 1.165) is 0 Å². The summed E-state index contributed by atoms with van der Waals surface area (Å²) < 4.78 is 37.4. The molecule has 0 aliphatic carbocycles. The van der Waals surface area contributed by atoms with Crippen LogP contribution in [-0.2, 0) is 19.7 Å². The number of rotatable bonds is 9. The van der Waals surface area contributed by atoms with Gasteiger partial charge in [-0.3, -0.25) is 4.72 Å². The van der Waals surface area contributed by atoms with Crippen LogP contribution in [0.5, 0.6) is 5.75 Å². The number of methoxy groups -OCH3 is 1. The predicted molar refractivity (Wildman–Crippen MR) is 72.0 cm³/mol. The molecule has 0 bridgehead atoms. The number of aliphatic carboxylic acids is 1. The molecule has 1 aromatic carbocycles. The topological polar surface area (TPSA) is 114 Å². The lowest BCUT2D eigenvalue weighted by Gasteiger charge is -2.09. The molecule has 9 heteroatoms. The fraction of sp³-hybridized carbons (Fsp3) is 0.364. The highest BCUT2D eigenvalue weighted by Gasteiger charge is 2.08. The highest BCUT2D eigenvalue weighted by molar-refractivity contribution is 7.90. The highest BCUT2D eigenvalue weighted by Crippen LogP contribution is 2.16. The van der Waals surface area contributed by atoms with Crippen LogP contribution in [0.3, 0.4) is 0 Å². The van der Waals surface area contributed by atoms with Crippen LogP contribution in [0.25, 0.3) is 0 Å². The molecule has 1 rings (SSSR count). The number of benzene rings is 1. The summed E-state index contributed by atoms with van der Waals surface area (Å²) in [6.07, 6.45) is 0. The van der Waals surface area contributed by atoms with Crippen molar-refractivity contribution in [2.24, 2.45) is 0 Å². The Morgan fingerprint density at radius 1 is 1.30 bits per heavy atom. The van der Waals surface area contributed by atoms with Crippen LogP contribution in [0.15, 0.2) is 24.3 Å². The van der Waals surface area contributed by atoms with Crippen molar-refractivity contribution in [2.45, 2.75) is 0 Å². The maximum atomic E-state index is 11.6. The molecule has 0 heterocycles. The molecule has 0 aliphatic heterocycles. The summed E-state index contributed by atoms with van der Waals surface area (Å²) in [4.78, 5) is 10.3. The predicted octanol–water partition coefficient (Wildman–Crippen LogP) is 0.0427. The third-order valence-electron chi connectivity index (χ3n) is 2.07. The molecule has 0 spiro atoms. The van der Waals surface area contributed by atoms with Crippen molar-refractivity contribution in [3.05, 3.63) is 24.3 Å². The Kier molecular flexibility index (Phi) is 6.22. The van der Waals surface area contributed by atoms with E-state index in [-0.39, 0.29) is 13.2 Å². The van der Waals surface area contributed by atoms with E-state index in [1.54, 1.807) is 0 Å². The van der Waals surface area contributed by atoms with Gasteiger partial charge < -0.3 is 14.6 Å². The maximum Gasteiger partial charge on any atom is 0.341 e. The molecule has 0 aliphatic rings. The largest absolute Gasteiger partial charge is 0.482 e. The van der Waals surface area contributed by atoms with Crippen molar-refractivity contribution in [1.29, 1.82) is 0 Å². The molecular formula is C11H16N2O6S. The zero-order chi connectivity index (χ0) is 15.0. The number of ether oxygens (including phenoxy) is 2. The van der Waals surface area contributed by atoms with Crippen molar-refractivity contribution < 1.29 is 27.8 Å². The Morgan fingerprint density at radius 2 is 1.95 bits per heavy atom. The molecule has 8 nitrogen and oxygen atoms in total. The molecule has 0 saturated carbocycles. The molecule has 0 amide bonds. The van der Waals surface area contributed by atoms with Crippen LogP contribution in [0.4, 0.5) is 5.69 Å². The monoisotopic (exact) mass is 304 g/mol. The molecule has 0 saturated heterocycles. The molecule has 20 heavy (non-hydrogen) atoms. The average molecular weight is 304 g/mol. The first-order valence-corrected chi connectivity index (χ1v) is 7.12. The maximum absolute atomic E-state index is 11.6. The fourth-order valence-electron chi connectivity index (χ4n) is 1.23. The number of carbonyl (C=O) groups is 1. The van der Waals surface area contributed by atoms with Crippen LogP contribution < -0.4 is 14.2 Å². The first kappa shape index (κ1) is 16.2. The minimum absolute atomic E-state index is 0.158. The standard InChI is InChI=1S/C11H16N2O6S/c1-18-7-6-12-20(16,17)13-9-2-4-10(5-3-9)19-8-11(14)15/h2-5,12-13H,6-8H2,1H3,(H,14,15).